The number of hydrogen-bond acceptors (Lipinski definition) is 4. The molecular weight excluding hydrogens is 184 g/mol. The SMILES string of the molecule is O=[74Se](=O)([O-])[O-].[Na+].[Na+]. The van der Waals surface area contributed by atoms with Gasteiger partial charge in [0.05, 0.1) is 0 Å². The van der Waals surface area contributed by atoms with E-state index in [9.17, 15) is 0 Å². The van der Waals surface area contributed by atoms with E-state index in [1.54, 1.807) is 0 Å². The topological polar surface area (TPSA) is 80.3 Å². The summed E-state index contributed by atoms with van der Waals surface area (Å²) in [6, 6.07) is 0. The summed E-state index contributed by atoms with van der Waals surface area (Å²) in [7, 11) is 0. The number of hydrogen-bond donors (Lipinski definition) is 0. The van der Waals surface area contributed by atoms with Gasteiger partial charge in [0.25, 0.3) is 0 Å². The third kappa shape index (κ3) is 70.5. The van der Waals surface area contributed by atoms with Crippen molar-refractivity contribution in [3.05, 3.63) is 0 Å². The molecule has 7 heteroatoms. The van der Waals surface area contributed by atoms with E-state index in [1.807, 2.05) is 0 Å². The third-order valence-corrected chi connectivity index (χ3v) is 0. The van der Waals surface area contributed by atoms with Crippen LogP contribution in [0, 0.1) is 0 Å². The van der Waals surface area contributed by atoms with Crippen molar-refractivity contribution in [2.24, 2.45) is 0 Å². The van der Waals surface area contributed by atoms with Gasteiger partial charge in [-0.2, -0.15) is 0 Å². The van der Waals surface area contributed by atoms with E-state index in [2.05, 4.69) is 0 Å². The van der Waals surface area contributed by atoms with Gasteiger partial charge in [0.2, 0.25) is 0 Å². The van der Waals surface area contributed by atoms with Gasteiger partial charge in [-0.15, -0.1) is 0 Å². The van der Waals surface area contributed by atoms with Crippen LogP contribution in [0.3, 0.4) is 0 Å². The van der Waals surface area contributed by atoms with Crippen molar-refractivity contribution >= 4 is 13.4 Å². The molecule has 0 aliphatic heterocycles. The molecule has 0 saturated heterocycles. The first-order valence-corrected chi connectivity index (χ1v) is 3.46. The van der Waals surface area contributed by atoms with Crippen LogP contribution in [-0.2, 0) is 7.67 Å². The maximum Gasteiger partial charge on any atom is 1.00 e. The molecule has 0 aliphatic rings. The molecule has 0 N–H and O–H groups in total. The van der Waals surface area contributed by atoms with E-state index in [0.29, 0.717) is 0 Å². The van der Waals surface area contributed by atoms with E-state index in [-0.39, 0.29) is 59.1 Å². The van der Waals surface area contributed by atoms with Crippen molar-refractivity contribution in [1.29, 1.82) is 0 Å². The molecule has 0 aromatic carbocycles. The monoisotopic (exact) mass is 184 g/mol. The van der Waals surface area contributed by atoms with Crippen LogP contribution in [0.1, 0.15) is 0 Å². The summed E-state index contributed by atoms with van der Waals surface area (Å²) in [6.45, 7) is 0. The second-order valence-electron chi connectivity index (χ2n) is 0.408. The van der Waals surface area contributed by atoms with Crippen molar-refractivity contribution in [2.45, 2.75) is 0 Å². The zero-order valence-electron chi connectivity index (χ0n) is 4.04. The van der Waals surface area contributed by atoms with Crippen molar-refractivity contribution in [3.63, 3.8) is 0 Å². The van der Waals surface area contributed by atoms with Gasteiger partial charge < -0.3 is 0 Å². The molecule has 4 nitrogen and oxygen atoms in total. The standard InChI is InChI=1S/2Na.H2O4Se/c;;1-5(2,3)4/h;;(H2,1,2,3,4)/q2*+1;/p-2/i;;5-5. The summed E-state index contributed by atoms with van der Waals surface area (Å²) >= 11 is -5.75. The Labute approximate surface area is 87.2 Å². The molecule has 0 aromatic rings. The number of rotatable bonds is 0. The molecule has 0 rings (SSSR count). The first-order valence-electron chi connectivity index (χ1n) is 0.667. The second-order valence-corrected chi connectivity index (χ2v) is 2.12. The summed E-state index contributed by atoms with van der Waals surface area (Å²) in [6.07, 6.45) is 0. The quantitative estimate of drug-likeness (QED) is 0.350. The van der Waals surface area contributed by atoms with Gasteiger partial charge in [0.1, 0.15) is 0 Å². The van der Waals surface area contributed by atoms with Gasteiger partial charge in [-0.3, -0.25) is 0 Å². The minimum absolute atomic E-state index is 0. The van der Waals surface area contributed by atoms with Crippen LogP contribution in [-0.4, -0.2) is 13.4 Å². The average Bonchev–Trinajstić information content (AvgIpc) is 0.722. The Bertz CT molecular complexity index is 92.9. The zero-order valence-corrected chi connectivity index (χ0v) is 9.75. The average molecular weight is 184 g/mol. The molecule has 0 aliphatic carbocycles. The summed E-state index contributed by atoms with van der Waals surface area (Å²) in [5.74, 6) is 0. The summed E-state index contributed by atoms with van der Waals surface area (Å²) in [5.41, 5.74) is 0. The Balaban J connectivity index is -0.0000000800. The second kappa shape index (κ2) is 6.16. The Hall–Kier alpha value is 2.04. The van der Waals surface area contributed by atoms with Gasteiger partial charge in [0.15, 0.2) is 0 Å². The Morgan fingerprint density at radius 1 is 1.00 bits per heavy atom. The van der Waals surface area contributed by atoms with Crippen LogP contribution < -0.4 is 67.5 Å². The van der Waals surface area contributed by atoms with Gasteiger partial charge in [-0.05, 0) is 0 Å². The van der Waals surface area contributed by atoms with Crippen LogP contribution in [0.2, 0.25) is 0 Å². The smallest absolute Gasteiger partial charge is 1.00 e. The van der Waals surface area contributed by atoms with Crippen LogP contribution in [0.25, 0.3) is 0 Å². The van der Waals surface area contributed by atoms with Crippen molar-refractivity contribution in [3.8, 4) is 0 Å². The predicted octanol–water partition coefficient (Wildman–Crippen LogP) is -8.99. The molecule has 0 unspecified atom stereocenters. The van der Waals surface area contributed by atoms with Crippen LogP contribution >= 0.6 is 0 Å². The van der Waals surface area contributed by atoms with E-state index in [4.69, 9.17) is 16.0 Å². The normalized spacial score (nSPS) is 8.29. The molecule has 0 heterocycles. The Morgan fingerprint density at radius 2 is 1.00 bits per heavy atom. The fourth-order valence-electron chi connectivity index (χ4n) is 0. The fourth-order valence-corrected chi connectivity index (χ4v) is 0. The first-order chi connectivity index (χ1) is 2.00. The van der Waals surface area contributed by atoms with Gasteiger partial charge in [-0.1, -0.05) is 0 Å². The molecule has 7 heavy (non-hydrogen) atoms. The van der Waals surface area contributed by atoms with E-state index in [0.717, 1.165) is 0 Å². The summed E-state index contributed by atoms with van der Waals surface area (Å²) in [4.78, 5) is 0. The van der Waals surface area contributed by atoms with Crippen molar-refractivity contribution < 1.29 is 75.2 Å². The molecule has 0 amide bonds. The van der Waals surface area contributed by atoms with Gasteiger partial charge >= 0.3 is 88.5 Å². The van der Waals surface area contributed by atoms with Gasteiger partial charge in [-0.25, -0.2) is 0 Å². The van der Waals surface area contributed by atoms with Crippen LogP contribution in [0.4, 0.5) is 0 Å². The van der Waals surface area contributed by atoms with Crippen LogP contribution in [0.5, 0.6) is 0 Å². The molecule has 0 aromatic heterocycles. The molecule has 0 spiro atoms. The fraction of sp³-hybridized carbons (Fsp3) is 0. The maximum absolute atomic E-state index is 8.59. The van der Waals surface area contributed by atoms with E-state index < -0.39 is 13.4 Å². The van der Waals surface area contributed by atoms with Gasteiger partial charge in [0, 0.05) is 0 Å². The van der Waals surface area contributed by atoms with Crippen molar-refractivity contribution in [2.75, 3.05) is 0 Å². The Kier molecular flexibility index (Phi) is 14.1. The molecule has 0 atom stereocenters. The minimum atomic E-state index is -5.75. The maximum atomic E-state index is 8.59. The zero-order chi connectivity index (χ0) is 4.50. The Morgan fingerprint density at radius 3 is 1.00 bits per heavy atom. The van der Waals surface area contributed by atoms with Crippen LogP contribution in [0.15, 0.2) is 0 Å². The molecule has 0 saturated carbocycles. The third-order valence-electron chi connectivity index (χ3n) is 0. The summed E-state index contributed by atoms with van der Waals surface area (Å²) in [5, 5.41) is 0. The summed E-state index contributed by atoms with van der Waals surface area (Å²) < 4.78 is 34.4. The van der Waals surface area contributed by atoms with Crippen molar-refractivity contribution in [1.82, 2.24) is 0 Å². The van der Waals surface area contributed by atoms with E-state index >= 15 is 0 Å². The predicted molar refractivity (Wildman–Crippen MR) is 7.13 cm³/mol. The largest absolute Gasteiger partial charge is 1.00 e. The molecule has 0 bridgehead atoms. The molecule has 0 fully saturated rings. The molecule has 32 valence electrons. The minimum Gasteiger partial charge on any atom is 1.00 e. The first kappa shape index (κ1) is 16.0. The molecular formula is Na2O4Se. The molecule has 0 radical (unpaired) electrons. The van der Waals surface area contributed by atoms with E-state index in [1.165, 1.54) is 0 Å².